The lowest BCUT2D eigenvalue weighted by Gasteiger charge is -2.07. The van der Waals surface area contributed by atoms with Crippen molar-refractivity contribution in [3.05, 3.63) is 30.0 Å². The number of nitrogens with zero attached hydrogens (tertiary/aromatic N) is 2. The van der Waals surface area contributed by atoms with E-state index in [4.69, 9.17) is 11.1 Å². The third-order valence-electron chi connectivity index (χ3n) is 2.40. The lowest BCUT2D eigenvalue weighted by molar-refractivity contribution is 0.551. The van der Waals surface area contributed by atoms with Crippen molar-refractivity contribution >= 4 is 16.7 Å². The highest BCUT2D eigenvalue weighted by Crippen LogP contribution is 2.18. The van der Waals surface area contributed by atoms with E-state index in [9.17, 15) is 0 Å². The minimum atomic E-state index is 0.0918. The van der Waals surface area contributed by atoms with Gasteiger partial charge >= 0.3 is 0 Å². The molecule has 0 aliphatic heterocycles. The monoisotopic (exact) mass is 202 g/mol. The second-order valence-corrected chi connectivity index (χ2v) is 3.87. The second-order valence-electron chi connectivity index (χ2n) is 3.87. The summed E-state index contributed by atoms with van der Waals surface area (Å²) < 4.78 is 1.96. The Bertz CT molecular complexity index is 510. The molecule has 4 nitrogen and oxygen atoms in total. The molecule has 0 atom stereocenters. The van der Waals surface area contributed by atoms with Crippen LogP contribution in [0.15, 0.2) is 24.4 Å². The number of nitrogens with one attached hydrogen (secondary N) is 1. The van der Waals surface area contributed by atoms with Gasteiger partial charge in [0.2, 0.25) is 0 Å². The standard InChI is InChI=1S/C11H14N4/c1-7(2)15-10-4-3-8(11(12)13)5-9(10)6-14-15/h3-7H,1-2H3,(H3,12,13). The summed E-state index contributed by atoms with van der Waals surface area (Å²) in [5, 5.41) is 12.7. The Morgan fingerprint density at radius 1 is 1.47 bits per heavy atom. The number of nitrogens with two attached hydrogens (primary N) is 1. The van der Waals surface area contributed by atoms with Crippen LogP contribution in [0, 0.1) is 5.41 Å². The van der Waals surface area contributed by atoms with E-state index in [1.54, 1.807) is 0 Å². The molecule has 1 heterocycles. The zero-order valence-electron chi connectivity index (χ0n) is 8.86. The fourth-order valence-electron chi connectivity index (χ4n) is 1.63. The van der Waals surface area contributed by atoms with E-state index in [0.717, 1.165) is 16.5 Å². The zero-order valence-corrected chi connectivity index (χ0v) is 8.86. The number of rotatable bonds is 2. The number of amidine groups is 1. The van der Waals surface area contributed by atoms with Gasteiger partial charge in [-0.25, -0.2) is 0 Å². The van der Waals surface area contributed by atoms with Crippen LogP contribution in [0.2, 0.25) is 0 Å². The Morgan fingerprint density at radius 3 is 2.80 bits per heavy atom. The Morgan fingerprint density at radius 2 is 2.20 bits per heavy atom. The maximum Gasteiger partial charge on any atom is 0.122 e. The van der Waals surface area contributed by atoms with Crippen LogP contribution in [0.5, 0.6) is 0 Å². The normalized spacial score (nSPS) is 11.1. The first-order valence-corrected chi connectivity index (χ1v) is 4.91. The summed E-state index contributed by atoms with van der Waals surface area (Å²) in [5.41, 5.74) is 7.25. The molecule has 0 spiro atoms. The molecule has 3 N–H and O–H groups in total. The molecule has 0 unspecified atom stereocenters. The summed E-state index contributed by atoms with van der Waals surface area (Å²) in [6.07, 6.45) is 1.81. The van der Waals surface area contributed by atoms with Crippen molar-refractivity contribution in [3.63, 3.8) is 0 Å². The number of aromatic nitrogens is 2. The van der Waals surface area contributed by atoms with Crippen molar-refractivity contribution in [1.82, 2.24) is 9.78 Å². The van der Waals surface area contributed by atoms with Gasteiger partial charge in [0.15, 0.2) is 0 Å². The number of nitrogen functional groups attached to an aromatic ring is 1. The first kappa shape index (κ1) is 9.71. The molecule has 0 aliphatic rings. The van der Waals surface area contributed by atoms with Crippen LogP contribution in [0.3, 0.4) is 0 Å². The van der Waals surface area contributed by atoms with E-state index in [1.165, 1.54) is 0 Å². The maximum atomic E-state index is 7.35. The van der Waals surface area contributed by atoms with Gasteiger partial charge in [0, 0.05) is 17.0 Å². The molecular formula is C11H14N4. The summed E-state index contributed by atoms with van der Waals surface area (Å²) in [5.74, 6) is 0.0918. The first-order valence-electron chi connectivity index (χ1n) is 4.91. The highest BCUT2D eigenvalue weighted by Gasteiger charge is 2.06. The molecule has 4 heteroatoms. The fourth-order valence-corrected chi connectivity index (χ4v) is 1.63. The minimum absolute atomic E-state index is 0.0918. The predicted molar refractivity (Wildman–Crippen MR) is 61.1 cm³/mol. The first-order chi connectivity index (χ1) is 7.09. The van der Waals surface area contributed by atoms with Crippen LogP contribution in [0.25, 0.3) is 10.9 Å². The lowest BCUT2D eigenvalue weighted by atomic mass is 10.1. The van der Waals surface area contributed by atoms with Gasteiger partial charge in [0.25, 0.3) is 0 Å². The van der Waals surface area contributed by atoms with Gasteiger partial charge in [-0.05, 0) is 32.0 Å². The molecule has 0 radical (unpaired) electrons. The van der Waals surface area contributed by atoms with Crippen molar-refractivity contribution in [2.24, 2.45) is 5.73 Å². The van der Waals surface area contributed by atoms with E-state index in [-0.39, 0.29) is 5.84 Å². The van der Waals surface area contributed by atoms with E-state index < -0.39 is 0 Å². The lowest BCUT2D eigenvalue weighted by Crippen LogP contribution is -2.10. The van der Waals surface area contributed by atoms with E-state index in [0.29, 0.717) is 6.04 Å². The fraction of sp³-hybridized carbons (Fsp3) is 0.273. The summed E-state index contributed by atoms with van der Waals surface area (Å²) in [4.78, 5) is 0. The van der Waals surface area contributed by atoms with Gasteiger partial charge in [-0.1, -0.05) is 0 Å². The summed E-state index contributed by atoms with van der Waals surface area (Å²) in [6, 6.07) is 6.04. The smallest absolute Gasteiger partial charge is 0.122 e. The van der Waals surface area contributed by atoms with Gasteiger partial charge in [0.05, 0.1) is 11.7 Å². The molecule has 0 amide bonds. The summed E-state index contributed by atoms with van der Waals surface area (Å²) >= 11 is 0. The van der Waals surface area contributed by atoms with E-state index in [2.05, 4.69) is 18.9 Å². The molecule has 0 saturated heterocycles. The van der Waals surface area contributed by atoms with Gasteiger partial charge in [-0.2, -0.15) is 5.10 Å². The third kappa shape index (κ3) is 1.58. The summed E-state index contributed by atoms with van der Waals surface area (Å²) in [7, 11) is 0. The number of hydrogen-bond donors (Lipinski definition) is 2. The van der Waals surface area contributed by atoms with Crippen LogP contribution in [-0.2, 0) is 0 Å². The second kappa shape index (κ2) is 3.38. The topological polar surface area (TPSA) is 67.7 Å². The van der Waals surface area contributed by atoms with Crippen molar-refractivity contribution in [3.8, 4) is 0 Å². The van der Waals surface area contributed by atoms with Crippen LogP contribution in [0.1, 0.15) is 25.5 Å². The molecule has 0 saturated carbocycles. The van der Waals surface area contributed by atoms with Crippen LogP contribution in [-0.4, -0.2) is 15.6 Å². The third-order valence-corrected chi connectivity index (χ3v) is 2.40. The van der Waals surface area contributed by atoms with Crippen molar-refractivity contribution in [2.75, 3.05) is 0 Å². The minimum Gasteiger partial charge on any atom is -0.384 e. The molecule has 0 fully saturated rings. The van der Waals surface area contributed by atoms with E-state index >= 15 is 0 Å². The molecule has 1 aromatic carbocycles. The number of hydrogen-bond acceptors (Lipinski definition) is 2. The predicted octanol–water partition coefficient (Wildman–Crippen LogP) is 1.90. The van der Waals surface area contributed by atoms with Crippen LogP contribution in [0.4, 0.5) is 0 Å². The molecule has 0 aliphatic carbocycles. The average Bonchev–Trinajstić information content (AvgIpc) is 2.59. The van der Waals surface area contributed by atoms with Crippen molar-refractivity contribution in [1.29, 1.82) is 5.41 Å². The highest BCUT2D eigenvalue weighted by atomic mass is 15.3. The molecule has 1 aromatic heterocycles. The van der Waals surface area contributed by atoms with Gasteiger partial charge < -0.3 is 5.73 Å². The maximum absolute atomic E-state index is 7.35. The average molecular weight is 202 g/mol. The van der Waals surface area contributed by atoms with E-state index in [1.807, 2.05) is 29.1 Å². The Balaban J connectivity index is 2.61. The SMILES string of the molecule is CC(C)n1ncc2cc(C(=N)N)ccc21. The zero-order chi connectivity index (χ0) is 11.0. The molecule has 2 aromatic rings. The molecule has 78 valence electrons. The Labute approximate surface area is 88.2 Å². The van der Waals surface area contributed by atoms with Crippen LogP contribution >= 0.6 is 0 Å². The van der Waals surface area contributed by atoms with Crippen molar-refractivity contribution < 1.29 is 0 Å². The van der Waals surface area contributed by atoms with Gasteiger partial charge in [-0.3, -0.25) is 10.1 Å². The number of fused-ring (bicyclic) bond motifs is 1. The number of benzene rings is 1. The van der Waals surface area contributed by atoms with Crippen molar-refractivity contribution in [2.45, 2.75) is 19.9 Å². The Kier molecular flexibility index (Phi) is 2.19. The van der Waals surface area contributed by atoms with Gasteiger partial charge in [0.1, 0.15) is 5.84 Å². The molecule has 15 heavy (non-hydrogen) atoms. The largest absolute Gasteiger partial charge is 0.384 e. The highest BCUT2D eigenvalue weighted by molar-refractivity contribution is 5.98. The molecule has 2 rings (SSSR count). The quantitative estimate of drug-likeness (QED) is 0.577. The Hall–Kier alpha value is -1.84. The summed E-state index contributed by atoms with van der Waals surface area (Å²) in [6.45, 7) is 4.18. The molecular weight excluding hydrogens is 188 g/mol. The molecule has 0 bridgehead atoms. The van der Waals surface area contributed by atoms with Gasteiger partial charge in [-0.15, -0.1) is 0 Å². The van der Waals surface area contributed by atoms with Crippen LogP contribution < -0.4 is 5.73 Å².